The summed E-state index contributed by atoms with van der Waals surface area (Å²) in [4.78, 5) is 0. The lowest BCUT2D eigenvalue weighted by molar-refractivity contribution is 0.306. The zero-order valence-electron chi connectivity index (χ0n) is 17.9. The fourth-order valence-corrected chi connectivity index (χ4v) is 4.87. The topological polar surface area (TPSA) is 52.3 Å². The van der Waals surface area contributed by atoms with Gasteiger partial charge in [-0.1, -0.05) is 70.3 Å². The van der Waals surface area contributed by atoms with Crippen LogP contribution in [0.4, 0.5) is 0 Å². The van der Waals surface area contributed by atoms with Crippen molar-refractivity contribution in [2.24, 2.45) is 5.10 Å². The molecule has 4 rings (SSSR count). The van der Waals surface area contributed by atoms with E-state index >= 15 is 0 Å². The van der Waals surface area contributed by atoms with Crippen molar-refractivity contribution in [2.45, 2.75) is 24.4 Å². The molecule has 0 radical (unpaired) electrons. The summed E-state index contributed by atoms with van der Waals surface area (Å²) in [6, 6.07) is 18.4. The van der Waals surface area contributed by atoms with E-state index in [1.54, 1.807) is 29.1 Å². The smallest absolute Gasteiger partial charge is 0.212 e. The maximum absolute atomic E-state index is 6.27. The molecule has 174 valence electrons. The third-order valence-electron chi connectivity index (χ3n) is 4.75. The first-order valence-electron chi connectivity index (χ1n) is 10.1. The maximum atomic E-state index is 6.27. The second kappa shape index (κ2) is 11.5. The average molecular weight is 552 g/mol. The molecule has 0 fully saturated rings. The predicted molar refractivity (Wildman–Crippen MR) is 141 cm³/mol. The van der Waals surface area contributed by atoms with E-state index in [-0.39, 0.29) is 0 Å². The minimum absolute atomic E-state index is 0.349. The van der Waals surface area contributed by atoms with E-state index in [4.69, 9.17) is 51.1 Å². The van der Waals surface area contributed by atoms with E-state index in [1.165, 1.54) is 11.8 Å². The predicted octanol–water partition coefficient (Wildman–Crippen LogP) is 7.95. The van der Waals surface area contributed by atoms with E-state index in [2.05, 4.69) is 15.3 Å². The van der Waals surface area contributed by atoms with Gasteiger partial charge in [-0.05, 0) is 66.6 Å². The van der Waals surface area contributed by atoms with E-state index in [9.17, 15) is 0 Å². The standard InChI is InChI=1S/C24H18Cl4N4OS/c1-15-30-31-24(34-14-18-5-7-20(26)11-23(18)28)32(15)29-12-16-2-8-21(9-3-16)33-13-17-4-6-19(25)10-22(17)27/h2-12H,13-14H2,1H3/b29-12+. The molecule has 0 atom stereocenters. The summed E-state index contributed by atoms with van der Waals surface area (Å²) in [5.41, 5.74) is 2.73. The van der Waals surface area contributed by atoms with Crippen LogP contribution in [0, 0.1) is 6.92 Å². The first-order chi connectivity index (χ1) is 16.4. The Bertz CT molecular complexity index is 1330. The van der Waals surface area contributed by atoms with Crippen molar-refractivity contribution in [3.05, 3.63) is 103 Å². The third-order valence-corrected chi connectivity index (χ3v) is 6.89. The van der Waals surface area contributed by atoms with Gasteiger partial charge in [0, 0.05) is 31.4 Å². The molecule has 34 heavy (non-hydrogen) atoms. The first kappa shape index (κ1) is 24.9. The first-order valence-corrected chi connectivity index (χ1v) is 12.6. The van der Waals surface area contributed by atoms with Gasteiger partial charge in [0.05, 0.1) is 6.21 Å². The molecule has 0 spiro atoms. The quantitative estimate of drug-likeness (QED) is 0.165. The summed E-state index contributed by atoms with van der Waals surface area (Å²) >= 11 is 25.9. The Morgan fingerprint density at radius 3 is 2.18 bits per heavy atom. The van der Waals surface area contributed by atoms with Crippen LogP contribution in [0.5, 0.6) is 5.75 Å². The molecule has 5 nitrogen and oxygen atoms in total. The van der Waals surface area contributed by atoms with Crippen LogP contribution in [-0.4, -0.2) is 21.1 Å². The van der Waals surface area contributed by atoms with Crippen molar-refractivity contribution in [1.29, 1.82) is 0 Å². The number of halogens is 4. The Balaban J connectivity index is 1.39. The second-order valence-electron chi connectivity index (χ2n) is 7.20. The highest BCUT2D eigenvalue weighted by molar-refractivity contribution is 7.98. The van der Waals surface area contributed by atoms with Crippen molar-refractivity contribution in [1.82, 2.24) is 14.9 Å². The molecule has 4 aromatic rings. The van der Waals surface area contributed by atoms with E-state index in [1.807, 2.05) is 49.4 Å². The van der Waals surface area contributed by atoms with Gasteiger partial charge in [-0.2, -0.15) is 9.78 Å². The normalized spacial score (nSPS) is 11.3. The lowest BCUT2D eigenvalue weighted by atomic mass is 10.2. The van der Waals surface area contributed by atoms with Crippen LogP contribution in [0.15, 0.2) is 70.9 Å². The molecule has 1 aromatic heterocycles. The summed E-state index contributed by atoms with van der Waals surface area (Å²) in [6.45, 7) is 2.20. The SMILES string of the molecule is Cc1nnc(SCc2ccc(Cl)cc2Cl)n1/N=C/c1ccc(OCc2ccc(Cl)cc2Cl)cc1. The monoisotopic (exact) mass is 550 g/mol. The van der Waals surface area contributed by atoms with Gasteiger partial charge in [-0.25, -0.2) is 0 Å². The summed E-state index contributed by atoms with van der Waals surface area (Å²) in [7, 11) is 0. The fraction of sp³-hybridized carbons (Fsp3) is 0.125. The molecule has 3 aromatic carbocycles. The number of thioether (sulfide) groups is 1. The maximum Gasteiger partial charge on any atom is 0.212 e. The molecule has 10 heteroatoms. The Hall–Kier alpha value is -2.22. The number of ether oxygens (including phenoxy) is 1. The van der Waals surface area contributed by atoms with Crippen molar-refractivity contribution in [3.63, 3.8) is 0 Å². The Kier molecular flexibility index (Phi) is 8.40. The molecular weight excluding hydrogens is 534 g/mol. The molecule has 0 saturated carbocycles. The lowest BCUT2D eigenvalue weighted by Crippen LogP contribution is -1.98. The van der Waals surface area contributed by atoms with Crippen LogP contribution in [0.3, 0.4) is 0 Å². The summed E-state index contributed by atoms with van der Waals surface area (Å²) in [5, 5.41) is 16.0. The molecule has 0 saturated heterocycles. The van der Waals surface area contributed by atoms with Crippen molar-refractivity contribution in [3.8, 4) is 5.75 Å². The lowest BCUT2D eigenvalue weighted by Gasteiger charge is -2.08. The highest BCUT2D eigenvalue weighted by atomic mass is 35.5. The zero-order chi connectivity index (χ0) is 24.1. The van der Waals surface area contributed by atoms with E-state index < -0.39 is 0 Å². The van der Waals surface area contributed by atoms with Crippen LogP contribution in [-0.2, 0) is 12.4 Å². The van der Waals surface area contributed by atoms with Gasteiger partial charge in [0.1, 0.15) is 12.4 Å². The molecule has 0 N–H and O–H groups in total. The molecule has 0 aliphatic rings. The van der Waals surface area contributed by atoms with Crippen LogP contribution < -0.4 is 4.74 Å². The minimum atomic E-state index is 0.349. The number of aryl methyl sites for hydroxylation is 1. The molecule has 0 amide bonds. The van der Waals surface area contributed by atoms with Gasteiger partial charge in [-0.3, -0.25) is 0 Å². The number of aromatic nitrogens is 3. The van der Waals surface area contributed by atoms with Crippen LogP contribution in [0.25, 0.3) is 0 Å². The average Bonchev–Trinajstić information content (AvgIpc) is 3.16. The molecular formula is C24H18Cl4N4OS. The molecule has 0 aliphatic carbocycles. The second-order valence-corrected chi connectivity index (χ2v) is 9.83. The summed E-state index contributed by atoms with van der Waals surface area (Å²) in [6.07, 6.45) is 1.75. The Labute approximate surface area is 221 Å². The fourth-order valence-electron chi connectivity index (χ4n) is 2.92. The number of hydrogen-bond donors (Lipinski definition) is 0. The van der Waals surface area contributed by atoms with Crippen molar-refractivity contribution in [2.75, 3.05) is 0 Å². The van der Waals surface area contributed by atoms with Crippen molar-refractivity contribution >= 4 is 64.4 Å². The molecule has 0 aliphatic heterocycles. The van der Waals surface area contributed by atoms with Crippen molar-refractivity contribution < 1.29 is 4.74 Å². The van der Waals surface area contributed by atoms with Gasteiger partial charge >= 0.3 is 0 Å². The summed E-state index contributed by atoms with van der Waals surface area (Å²) in [5.74, 6) is 2.02. The minimum Gasteiger partial charge on any atom is -0.489 e. The van der Waals surface area contributed by atoms with E-state index in [0.717, 1.165) is 22.4 Å². The van der Waals surface area contributed by atoms with E-state index in [0.29, 0.717) is 43.4 Å². The van der Waals surface area contributed by atoms with Crippen LogP contribution in [0.1, 0.15) is 22.5 Å². The number of hydrogen-bond acceptors (Lipinski definition) is 5. The van der Waals surface area contributed by atoms with Gasteiger partial charge < -0.3 is 4.74 Å². The van der Waals surface area contributed by atoms with Gasteiger partial charge in [-0.15, -0.1) is 10.2 Å². The van der Waals surface area contributed by atoms with Crippen LogP contribution in [0.2, 0.25) is 20.1 Å². The number of benzene rings is 3. The van der Waals surface area contributed by atoms with Gasteiger partial charge in [0.15, 0.2) is 5.82 Å². The highest BCUT2D eigenvalue weighted by Gasteiger charge is 2.10. The number of nitrogens with zero attached hydrogens (tertiary/aromatic N) is 4. The molecule has 0 bridgehead atoms. The molecule has 1 heterocycles. The highest BCUT2D eigenvalue weighted by Crippen LogP contribution is 2.28. The van der Waals surface area contributed by atoms with Gasteiger partial charge in [0.25, 0.3) is 0 Å². The largest absolute Gasteiger partial charge is 0.489 e. The Morgan fingerprint density at radius 2 is 1.53 bits per heavy atom. The Morgan fingerprint density at radius 1 is 0.882 bits per heavy atom. The zero-order valence-corrected chi connectivity index (χ0v) is 21.7. The molecule has 0 unspecified atom stereocenters. The third kappa shape index (κ3) is 6.46. The number of rotatable bonds is 8. The van der Waals surface area contributed by atoms with Gasteiger partial charge in [0.2, 0.25) is 5.16 Å². The van der Waals surface area contributed by atoms with Crippen LogP contribution >= 0.6 is 58.2 Å². The summed E-state index contributed by atoms with van der Waals surface area (Å²) < 4.78 is 7.52.